The topological polar surface area (TPSA) is 86.2 Å². The van der Waals surface area contributed by atoms with E-state index in [2.05, 4.69) is 52.9 Å². The summed E-state index contributed by atoms with van der Waals surface area (Å²) in [4.78, 5) is 35.3. The van der Waals surface area contributed by atoms with E-state index in [9.17, 15) is 9.59 Å². The molecule has 1 amide bonds. The van der Waals surface area contributed by atoms with Gasteiger partial charge in [-0.3, -0.25) is 14.5 Å². The number of benzene rings is 2. The summed E-state index contributed by atoms with van der Waals surface area (Å²) in [6, 6.07) is 16.5. The van der Waals surface area contributed by atoms with Gasteiger partial charge in [-0.2, -0.15) is 0 Å². The van der Waals surface area contributed by atoms with Crippen LogP contribution in [-0.4, -0.2) is 72.7 Å². The monoisotopic (exact) mass is 556 g/mol. The molecule has 1 N–H and O–H groups in total. The van der Waals surface area contributed by atoms with E-state index in [1.807, 2.05) is 35.4 Å². The van der Waals surface area contributed by atoms with Crippen molar-refractivity contribution in [2.24, 2.45) is 0 Å². The van der Waals surface area contributed by atoms with Crippen LogP contribution in [0.5, 0.6) is 5.75 Å². The first kappa shape index (κ1) is 28.6. The number of pyridine rings is 1. The van der Waals surface area contributed by atoms with Crippen molar-refractivity contribution < 1.29 is 19.4 Å². The van der Waals surface area contributed by atoms with Gasteiger partial charge in [0, 0.05) is 57.6 Å². The number of carbonyl (C=O) groups excluding carboxylic acids is 1. The van der Waals surface area contributed by atoms with Gasteiger partial charge < -0.3 is 19.6 Å². The van der Waals surface area contributed by atoms with E-state index in [0.717, 1.165) is 79.5 Å². The maximum atomic E-state index is 13.3. The molecule has 2 aliphatic heterocycles. The normalized spacial score (nSPS) is 15.5. The molecule has 8 heteroatoms. The third kappa shape index (κ3) is 6.88. The van der Waals surface area contributed by atoms with Crippen molar-refractivity contribution in [3.05, 3.63) is 71.4 Å². The third-order valence-electron chi connectivity index (χ3n) is 8.29. The van der Waals surface area contributed by atoms with E-state index in [1.54, 1.807) is 0 Å². The second kappa shape index (κ2) is 13.2. The fraction of sp³-hybridized carbons (Fsp3) is 0.424. The predicted octanol–water partition coefficient (Wildman–Crippen LogP) is 5.10. The minimum absolute atomic E-state index is 0.142. The van der Waals surface area contributed by atoms with Gasteiger partial charge in [0.2, 0.25) is 5.91 Å². The molecule has 0 spiro atoms. The Bertz CT molecular complexity index is 1380. The third-order valence-corrected chi connectivity index (χ3v) is 8.29. The van der Waals surface area contributed by atoms with E-state index in [1.165, 1.54) is 11.1 Å². The summed E-state index contributed by atoms with van der Waals surface area (Å²) in [5, 5.41) is 8.97. The van der Waals surface area contributed by atoms with Gasteiger partial charge in [0.25, 0.3) is 0 Å². The van der Waals surface area contributed by atoms with Crippen LogP contribution in [0.25, 0.3) is 11.1 Å². The number of ether oxygens (including phenoxy) is 1. The lowest BCUT2D eigenvalue weighted by atomic mass is 9.92. The molecule has 0 aliphatic carbocycles. The molecule has 3 aromatic rings. The van der Waals surface area contributed by atoms with E-state index in [0.29, 0.717) is 26.0 Å². The molecule has 0 saturated carbocycles. The lowest BCUT2D eigenvalue weighted by Crippen LogP contribution is -2.47. The van der Waals surface area contributed by atoms with Crippen molar-refractivity contribution in [2.45, 2.75) is 46.0 Å². The molecule has 0 unspecified atom stereocenters. The Kier molecular flexibility index (Phi) is 9.19. The molecule has 5 rings (SSSR count). The van der Waals surface area contributed by atoms with Gasteiger partial charge in [-0.05, 0) is 85.2 Å². The van der Waals surface area contributed by atoms with Gasteiger partial charge in [0.1, 0.15) is 11.6 Å². The van der Waals surface area contributed by atoms with Crippen LogP contribution in [-0.2, 0) is 16.0 Å². The summed E-state index contributed by atoms with van der Waals surface area (Å²) >= 11 is 0. The van der Waals surface area contributed by atoms with Gasteiger partial charge in [-0.15, -0.1) is 0 Å². The molecule has 0 radical (unpaired) electrons. The zero-order chi connectivity index (χ0) is 28.8. The predicted molar refractivity (Wildman–Crippen MR) is 162 cm³/mol. The number of aromatic nitrogens is 1. The number of carboxylic acid groups (broad SMARTS) is 1. The molecule has 2 aromatic carbocycles. The number of carboxylic acids is 1. The SMILES string of the molecule is Cc1cccc(OCCCC(=O)N2CCCc3c(-c4ccnc(N5CCN(CCC(=O)O)CC5)c4)cccc32)c1C. The van der Waals surface area contributed by atoms with Crippen molar-refractivity contribution in [1.29, 1.82) is 0 Å². The Morgan fingerprint density at radius 1 is 0.976 bits per heavy atom. The number of hydrogen-bond donors (Lipinski definition) is 1. The second-order valence-electron chi connectivity index (χ2n) is 11.0. The highest BCUT2D eigenvalue weighted by atomic mass is 16.5. The van der Waals surface area contributed by atoms with Crippen molar-refractivity contribution in [3.8, 4) is 16.9 Å². The number of amides is 1. The molecule has 1 fully saturated rings. The molecule has 1 saturated heterocycles. The number of hydrogen-bond acceptors (Lipinski definition) is 6. The van der Waals surface area contributed by atoms with Crippen LogP contribution in [0.15, 0.2) is 54.7 Å². The Balaban J connectivity index is 1.23. The summed E-state index contributed by atoms with van der Waals surface area (Å²) in [7, 11) is 0. The minimum atomic E-state index is -0.754. The first-order chi connectivity index (χ1) is 19.9. The standard InChI is InChI=1S/C33H40N4O4/c1-24-7-3-11-30(25(24)2)41-22-6-12-32(38)37-16-5-9-28-27(8-4-10-29(28)37)26-13-15-34-31(23-26)36-20-18-35(19-21-36)17-14-33(39)40/h3-4,7-8,10-11,13,15,23H,5-6,9,12,14,16-22H2,1-2H3,(H,39,40). The van der Waals surface area contributed by atoms with Crippen LogP contribution in [0, 0.1) is 13.8 Å². The highest BCUT2D eigenvalue weighted by Gasteiger charge is 2.25. The Labute approximate surface area is 242 Å². The maximum absolute atomic E-state index is 13.3. The fourth-order valence-electron chi connectivity index (χ4n) is 5.79. The van der Waals surface area contributed by atoms with Gasteiger partial charge >= 0.3 is 5.97 Å². The van der Waals surface area contributed by atoms with E-state index < -0.39 is 5.97 Å². The molecule has 216 valence electrons. The van der Waals surface area contributed by atoms with Crippen LogP contribution in [0.4, 0.5) is 11.5 Å². The first-order valence-electron chi connectivity index (χ1n) is 14.7. The highest BCUT2D eigenvalue weighted by Crippen LogP contribution is 2.36. The Morgan fingerprint density at radius 2 is 1.78 bits per heavy atom. The summed E-state index contributed by atoms with van der Waals surface area (Å²) in [5.41, 5.74) is 6.84. The molecular weight excluding hydrogens is 516 g/mol. The maximum Gasteiger partial charge on any atom is 0.304 e. The summed E-state index contributed by atoms with van der Waals surface area (Å²) in [5.74, 6) is 1.21. The minimum Gasteiger partial charge on any atom is -0.493 e. The van der Waals surface area contributed by atoms with Gasteiger partial charge in [-0.25, -0.2) is 4.98 Å². The summed E-state index contributed by atoms with van der Waals surface area (Å²) in [6.45, 7) is 9.27. The number of nitrogens with zero attached hydrogens (tertiary/aromatic N) is 4. The number of rotatable bonds is 10. The number of aliphatic carboxylic acids is 1. The lowest BCUT2D eigenvalue weighted by Gasteiger charge is -2.35. The number of fused-ring (bicyclic) bond motifs is 1. The van der Waals surface area contributed by atoms with Gasteiger partial charge in [-0.1, -0.05) is 24.3 Å². The lowest BCUT2D eigenvalue weighted by molar-refractivity contribution is -0.137. The van der Waals surface area contributed by atoms with Crippen molar-refractivity contribution in [2.75, 3.05) is 55.7 Å². The molecular formula is C33H40N4O4. The number of aryl methyl sites for hydroxylation is 1. The van der Waals surface area contributed by atoms with E-state index in [-0.39, 0.29) is 12.3 Å². The van der Waals surface area contributed by atoms with E-state index >= 15 is 0 Å². The fourth-order valence-corrected chi connectivity index (χ4v) is 5.79. The largest absolute Gasteiger partial charge is 0.493 e. The smallest absolute Gasteiger partial charge is 0.304 e. The highest BCUT2D eigenvalue weighted by molar-refractivity contribution is 5.96. The number of piperazine rings is 1. The average molecular weight is 557 g/mol. The van der Waals surface area contributed by atoms with Crippen LogP contribution in [0.1, 0.15) is 42.4 Å². The quantitative estimate of drug-likeness (QED) is 0.348. The van der Waals surface area contributed by atoms with Crippen molar-refractivity contribution >= 4 is 23.4 Å². The molecule has 2 aliphatic rings. The van der Waals surface area contributed by atoms with Crippen LogP contribution in [0.2, 0.25) is 0 Å². The zero-order valence-electron chi connectivity index (χ0n) is 24.1. The zero-order valence-corrected chi connectivity index (χ0v) is 24.1. The van der Waals surface area contributed by atoms with Crippen molar-refractivity contribution in [3.63, 3.8) is 0 Å². The molecule has 41 heavy (non-hydrogen) atoms. The van der Waals surface area contributed by atoms with Crippen LogP contribution < -0.4 is 14.5 Å². The number of anilines is 2. The summed E-state index contributed by atoms with van der Waals surface area (Å²) in [6.07, 6.45) is 5.03. The van der Waals surface area contributed by atoms with Gasteiger partial charge in [0.05, 0.1) is 13.0 Å². The Hall–Kier alpha value is -3.91. The number of carbonyl (C=O) groups is 2. The van der Waals surface area contributed by atoms with Crippen molar-refractivity contribution in [1.82, 2.24) is 9.88 Å². The molecule has 3 heterocycles. The average Bonchev–Trinajstić information content (AvgIpc) is 3.00. The molecule has 0 atom stereocenters. The second-order valence-corrected chi connectivity index (χ2v) is 11.0. The first-order valence-corrected chi connectivity index (χ1v) is 14.7. The van der Waals surface area contributed by atoms with Crippen LogP contribution in [0.3, 0.4) is 0 Å². The molecule has 0 bridgehead atoms. The summed E-state index contributed by atoms with van der Waals surface area (Å²) < 4.78 is 5.98. The van der Waals surface area contributed by atoms with E-state index in [4.69, 9.17) is 9.84 Å². The Morgan fingerprint density at radius 3 is 2.59 bits per heavy atom. The molecule has 8 nitrogen and oxygen atoms in total. The molecule has 1 aromatic heterocycles. The van der Waals surface area contributed by atoms with Gasteiger partial charge in [0.15, 0.2) is 0 Å². The van der Waals surface area contributed by atoms with Crippen LogP contribution >= 0.6 is 0 Å².